The summed E-state index contributed by atoms with van der Waals surface area (Å²) >= 11 is 0. The molecule has 4 nitrogen and oxygen atoms in total. The van der Waals surface area contributed by atoms with E-state index in [-0.39, 0.29) is 11.4 Å². The molecule has 1 N–H and O–H groups in total. The van der Waals surface area contributed by atoms with Crippen LogP contribution in [-0.2, 0) is 7.05 Å². The SMILES string of the molecule is C[n+]1c2c3c(cccc3c3ccc(-c4cccc(=O)[nH]4)cc31)Oc1ccc(F)cc1-2. The van der Waals surface area contributed by atoms with Gasteiger partial charge in [-0.2, -0.15) is 4.57 Å². The highest BCUT2D eigenvalue weighted by molar-refractivity contribution is 6.13. The van der Waals surface area contributed by atoms with Gasteiger partial charge >= 0.3 is 0 Å². The molecule has 0 amide bonds. The Kier molecular flexibility index (Phi) is 3.39. The number of benzene rings is 3. The lowest BCUT2D eigenvalue weighted by Crippen LogP contribution is -2.33. The third kappa shape index (κ3) is 2.32. The number of aromatic amines is 1. The molecule has 0 fully saturated rings. The molecule has 3 heterocycles. The molecule has 0 radical (unpaired) electrons. The molecule has 30 heavy (non-hydrogen) atoms. The number of H-pyrrole nitrogens is 1. The van der Waals surface area contributed by atoms with Gasteiger partial charge in [0, 0.05) is 28.8 Å². The second-order valence-electron chi connectivity index (χ2n) is 7.49. The van der Waals surface area contributed by atoms with E-state index in [4.69, 9.17) is 4.74 Å². The van der Waals surface area contributed by atoms with E-state index >= 15 is 0 Å². The molecule has 144 valence electrons. The van der Waals surface area contributed by atoms with E-state index < -0.39 is 0 Å². The summed E-state index contributed by atoms with van der Waals surface area (Å²) in [7, 11) is 1.98. The lowest BCUT2D eigenvalue weighted by atomic mass is 9.95. The van der Waals surface area contributed by atoms with Gasteiger partial charge in [-0.3, -0.25) is 4.79 Å². The zero-order valence-corrected chi connectivity index (χ0v) is 16.1. The van der Waals surface area contributed by atoms with Gasteiger partial charge in [-0.1, -0.05) is 24.3 Å². The normalized spacial score (nSPS) is 12.1. The van der Waals surface area contributed by atoms with Crippen LogP contribution >= 0.6 is 0 Å². The standard InChI is InChI=1S/C25H15FN2O2/c1-28-20-12-14(19-5-3-7-23(29)27-19)8-10-16(20)17-4-2-6-22-24(17)25(28)18-13-15(26)9-11-21(18)30-22/h2-13H,1H3/p+1. The number of ether oxygens (including phenoxy) is 1. The summed E-state index contributed by atoms with van der Waals surface area (Å²) in [6.07, 6.45) is 0. The van der Waals surface area contributed by atoms with Crippen molar-refractivity contribution in [3.05, 3.63) is 89.0 Å². The Balaban J connectivity index is 1.75. The maximum atomic E-state index is 14.1. The van der Waals surface area contributed by atoms with Gasteiger partial charge in [-0.25, -0.2) is 4.39 Å². The first-order chi connectivity index (χ1) is 14.6. The first-order valence-electron chi connectivity index (χ1n) is 9.66. The Labute approximate surface area is 170 Å². The fourth-order valence-corrected chi connectivity index (χ4v) is 4.40. The van der Waals surface area contributed by atoms with Crippen molar-refractivity contribution in [2.45, 2.75) is 0 Å². The number of aryl methyl sites for hydroxylation is 1. The molecule has 6 rings (SSSR count). The van der Waals surface area contributed by atoms with E-state index in [0.29, 0.717) is 5.75 Å². The number of rotatable bonds is 1. The lowest BCUT2D eigenvalue weighted by molar-refractivity contribution is -0.632. The average molecular weight is 395 g/mol. The number of halogens is 1. The smallest absolute Gasteiger partial charge is 0.248 e. The van der Waals surface area contributed by atoms with Gasteiger partial charge in [0.1, 0.15) is 24.4 Å². The van der Waals surface area contributed by atoms with Crippen LogP contribution in [-0.4, -0.2) is 4.98 Å². The van der Waals surface area contributed by atoms with Gasteiger partial charge in [-0.05, 0) is 36.4 Å². The number of nitrogens with one attached hydrogen (secondary N) is 1. The molecular weight excluding hydrogens is 379 g/mol. The maximum absolute atomic E-state index is 14.1. The zero-order chi connectivity index (χ0) is 20.4. The third-order valence-corrected chi connectivity index (χ3v) is 5.74. The van der Waals surface area contributed by atoms with Crippen molar-refractivity contribution in [3.63, 3.8) is 0 Å². The molecule has 5 heteroatoms. The van der Waals surface area contributed by atoms with Crippen molar-refractivity contribution in [2.24, 2.45) is 7.05 Å². The van der Waals surface area contributed by atoms with E-state index in [1.165, 1.54) is 18.2 Å². The van der Waals surface area contributed by atoms with Crippen LogP contribution in [0.5, 0.6) is 11.5 Å². The monoisotopic (exact) mass is 395 g/mol. The maximum Gasteiger partial charge on any atom is 0.248 e. The van der Waals surface area contributed by atoms with E-state index in [1.54, 1.807) is 12.1 Å². The van der Waals surface area contributed by atoms with E-state index in [1.807, 2.05) is 31.3 Å². The lowest BCUT2D eigenvalue weighted by Gasteiger charge is -2.20. The summed E-state index contributed by atoms with van der Waals surface area (Å²) in [6, 6.07) is 21.8. The Bertz CT molecular complexity index is 1570. The first kappa shape index (κ1) is 16.9. The number of nitrogens with zero attached hydrogens (tertiary/aromatic N) is 1. The minimum absolute atomic E-state index is 0.142. The van der Waals surface area contributed by atoms with Crippen LogP contribution < -0.4 is 14.9 Å². The highest BCUT2D eigenvalue weighted by Crippen LogP contribution is 2.46. The first-order valence-corrected chi connectivity index (χ1v) is 9.66. The molecule has 3 aromatic carbocycles. The largest absolute Gasteiger partial charge is 0.456 e. The van der Waals surface area contributed by atoms with Crippen LogP contribution in [0.3, 0.4) is 0 Å². The van der Waals surface area contributed by atoms with Crippen molar-refractivity contribution < 1.29 is 13.7 Å². The second kappa shape index (κ2) is 6.00. The van der Waals surface area contributed by atoms with Crippen LogP contribution in [0.25, 0.3) is 44.2 Å². The van der Waals surface area contributed by atoms with Crippen LogP contribution in [0.15, 0.2) is 77.6 Å². The molecule has 2 aromatic heterocycles. The summed E-state index contributed by atoms with van der Waals surface area (Å²) in [6.45, 7) is 0. The predicted octanol–water partition coefficient (Wildman–Crippen LogP) is 5.08. The van der Waals surface area contributed by atoms with Gasteiger partial charge in [0.05, 0.1) is 16.3 Å². The number of pyridine rings is 2. The van der Waals surface area contributed by atoms with Crippen LogP contribution in [0.2, 0.25) is 0 Å². The fourth-order valence-electron chi connectivity index (χ4n) is 4.40. The summed E-state index contributed by atoms with van der Waals surface area (Å²) in [5.74, 6) is 1.09. The van der Waals surface area contributed by atoms with Crippen molar-refractivity contribution in [1.29, 1.82) is 0 Å². The molecule has 0 saturated heterocycles. The Morgan fingerprint density at radius 3 is 2.63 bits per heavy atom. The highest BCUT2D eigenvalue weighted by Gasteiger charge is 2.30. The zero-order valence-electron chi connectivity index (χ0n) is 16.1. The molecule has 5 aromatic rings. The van der Waals surface area contributed by atoms with Crippen molar-refractivity contribution in [3.8, 4) is 34.0 Å². The molecule has 0 saturated carbocycles. The van der Waals surface area contributed by atoms with Crippen LogP contribution in [0.4, 0.5) is 4.39 Å². The summed E-state index contributed by atoms with van der Waals surface area (Å²) in [5, 5.41) is 3.06. The minimum atomic E-state index is -0.305. The average Bonchev–Trinajstić information content (AvgIpc) is 2.76. The molecule has 1 aliphatic rings. The van der Waals surface area contributed by atoms with Gasteiger partial charge in [0.25, 0.3) is 0 Å². The van der Waals surface area contributed by atoms with Gasteiger partial charge in [-0.15, -0.1) is 0 Å². The number of hydrogen-bond acceptors (Lipinski definition) is 2. The molecule has 0 spiro atoms. The summed E-state index contributed by atoms with van der Waals surface area (Å²) < 4.78 is 22.3. The van der Waals surface area contributed by atoms with Gasteiger partial charge in [0.2, 0.25) is 16.8 Å². The number of hydrogen-bond donors (Lipinski definition) is 1. The van der Waals surface area contributed by atoms with Crippen molar-refractivity contribution >= 4 is 21.7 Å². The summed E-state index contributed by atoms with van der Waals surface area (Å²) in [5.41, 5.74) is 4.13. The Morgan fingerprint density at radius 2 is 1.77 bits per heavy atom. The summed E-state index contributed by atoms with van der Waals surface area (Å²) in [4.78, 5) is 14.7. The topological polar surface area (TPSA) is 46.0 Å². The molecule has 0 unspecified atom stereocenters. The molecule has 1 aliphatic heterocycles. The molecule has 0 aliphatic carbocycles. The molecular formula is C25H16FN2O2+. The predicted molar refractivity (Wildman–Crippen MR) is 114 cm³/mol. The van der Waals surface area contributed by atoms with Crippen molar-refractivity contribution in [1.82, 2.24) is 4.98 Å². The quantitative estimate of drug-likeness (QED) is 0.312. The van der Waals surface area contributed by atoms with E-state index in [0.717, 1.165) is 49.9 Å². The van der Waals surface area contributed by atoms with Gasteiger partial charge in [0.15, 0.2) is 0 Å². The van der Waals surface area contributed by atoms with E-state index in [9.17, 15) is 9.18 Å². The van der Waals surface area contributed by atoms with Gasteiger partial charge < -0.3 is 9.72 Å². The Hall–Kier alpha value is -3.99. The van der Waals surface area contributed by atoms with E-state index in [2.05, 4.69) is 27.8 Å². The number of fused-ring (bicyclic) bond motifs is 4. The van der Waals surface area contributed by atoms with Crippen molar-refractivity contribution in [2.75, 3.05) is 0 Å². The Morgan fingerprint density at radius 1 is 0.900 bits per heavy atom. The van der Waals surface area contributed by atoms with Crippen LogP contribution in [0.1, 0.15) is 0 Å². The number of aromatic nitrogens is 2. The molecule has 0 bridgehead atoms. The second-order valence-corrected chi connectivity index (χ2v) is 7.49. The fraction of sp³-hybridized carbons (Fsp3) is 0.0400. The third-order valence-electron chi connectivity index (χ3n) is 5.74. The van der Waals surface area contributed by atoms with Crippen LogP contribution in [0, 0.1) is 5.82 Å². The molecule has 0 atom stereocenters. The minimum Gasteiger partial charge on any atom is -0.456 e. The highest BCUT2D eigenvalue weighted by atomic mass is 19.1.